The highest BCUT2D eigenvalue weighted by atomic mass is 79.9. The van der Waals surface area contributed by atoms with Crippen LogP contribution in [0.4, 0.5) is 0 Å². The first-order valence-corrected chi connectivity index (χ1v) is 8.74. The molecule has 0 fully saturated rings. The molecule has 18 heavy (non-hydrogen) atoms. The largest absolute Gasteiger partial charge is 0.351 e. The predicted octanol–water partition coefficient (Wildman–Crippen LogP) is 2.08. The lowest BCUT2D eigenvalue weighted by Crippen LogP contribution is -2.25. The Morgan fingerprint density at radius 1 is 1.56 bits per heavy atom. The zero-order valence-corrected chi connectivity index (χ0v) is 12.6. The van der Waals surface area contributed by atoms with Crippen LogP contribution in [0.25, 0.3) is 0 Å². The smallest absolute Gasteiger partial charge is 0.220 e. The van der Waals surface area contributed by atoms with Crippen LogP contribution in [0.3, 0.4) is 0 Å². The maximum absolute atomic E-state index is 11.6. The van der Waals surface area contributed by atoms with Gasteiger partial charge >= 0.3 is 0 Å². The van der Waals surface area contributed by atoms with Gasteiger partial charge in [0, 0.05) is 32.5 Å². The lowest BCUT2D eigenvalue weighted by atomic mass is 10.1. The van der Waals surface area contributed by atoms with Gasteiger partial charge in [-0.3, -0.25) is 4.79 Å². The van der Waals surface area contributed by atoms with Crippen LogP contribution >= 0.6 is 27.3 Å². The first kappa shape index (κ1) is 13.8. The predicted molar refractivity (Wildman–Crippen MR) is 74.9 cm³/mol. The van der Waals surface area contributed by atoms with Gasteiger partial charge in [0.25, 0.3) is 0 Å². The molecule has 2 heterocycles. The van der Waals surface area contributed by atoms with Crippen LogP contribution in [0.1, 0.15) is 11.3 Å². The Bertz CT molecular complexity index is 577. The minimum Gasteiger partial charge on any atom is -0.351 e. The van der Waals surface area contributed by atoms with E-state index in [2.05, 4.69) is 21.2 Å². The number of allylic oxidation sites excluding steroid dienone is 1. The third-order valence-corrected chi connectivity index (χ3v) is 5.70. The van der Waals surface area contributed by atoms with Crippen molar-refractivity contribution < 1.29 is 13.2 Å². The second-order valence-electron chi connectivity index (χ2n) is 4.13. The van der Waals surface area contributed by atoms with Gasteiger partial charge in [-0.15, -0.1) is 11.3 Å². The van der Waals surface area contributed by atoms with Gasteiger partial charge < -0.3 is 5.32 Å². The van der Waals surface area contributed by atoms with Crippen LogP contribution in [-0.2, 0) is 21.2 Å². The zero-order chi connectivity index (χ0) is 13.2. The summed E-state index contributed by atoms with van der Waals surface area (Å²) in [6.07, 6.45) is 1.82. The first-order valence-electron chi connectivity index (χ1n) is 5.35. The molecule has 0 aliphatic carbocycles. The van der Waals surface area contributed by atoms with Gasteiger partial charge in [-0.05, 0) is 22.0 Å². The van der Waals surface area contributed by atoms with Gasteiger partial charge in [0.15, 0.2) is 9.84 Å². The second kappa shape index (κ2) is 5.54. The van der Waals surface area contributed by atoms with Gasteiger partial charge in [0.05, 0.1) is 12.3 Å². The number of sulfone groups is 1. The van der Waals surface area contributed by atoms with Gasteiger partial charge in [0.2, 0.25) is 5.91 Å². The summed E-state index contributed by atoms with van der Waals surface area (Å²) in [4.78, 5) is 12.7. The van der Waals surface area contributed by atoms with Gasteiger partial charge in [0.1, 0.15) is 0 Å². The third-order valence-electron chi connectivity index (χ3n) is 2.53. The highest BCUT2D eigenvalue weighted by Gasteiger charge is 2.23. The molecule has 7 heteroatoms. The zero-order valence-electron chi connectivity index (χ0n) is 9.43. The second-order valence-corrected chi connectivity index (χ2v) is 7.97. The molecule has 0 aromatic carbocycles. The maximum atomic E-state index is 11.6. The highest BCUT2D eigenvalue weighted by Crippen LogP contribution is 2.20. The number of amides is 1. The number of carbonyl (C=O) groups is 1. The molecule has 1 aromatic rings. The Morgan fingerprint density at radius 2 is 2.33 bits per heavy atom. The van der Waals surface area contributed by atoms with Gasteiger partial charge in [-0.2, -0.15) is 0 Å². The van der Waals surface area contributed by atoms with E-state index >= 15 is 0 Å². The average molecular weight is 350 g/mol. The van der Waals surface area contributed by atoms with Crippen molar-refractivity contribution in [3.05, 3.63) is 32.3 Å². The van der Waals surface area contributed by atoms with Crippen LogP contribution in [0.2, 0.25) is 0 Å². The van der Waals surface area contributed by atoms with Crippen molar-refractivity contribution >= 4 is 43.0 Å². The van der Waals surface area contributed by atoms with Crippen LogP contribution in [0.5, 0.6) is 0 Å². The molecule has 0 unspecified atom stereocenters. The fourth-order valence-corrected chi connectivity index (χ4v) is 4.50. The molecule has 0 radical (unpaired) electrons. The molecule has 0 spiro atoms. The fraction of sp³-hybridized carbons (Fsp3) is 0.364. The molecule has 4 nitrogen and oxygen atoms in total. The number of halogens is 1. The number of hydrogen-bond donors (Lipinski definition) is 1. The van der Waals surface area contributed by atoms with Crippen LogP contribution in [-0.4, -0.2) is 20.1 Å². The number of rotatable bonds is 4. The summed E-state index contributed by atoms with van der Waals surface area (Å²) in [6.45, 7) is 0.484. The van der Waals surface area contributed by atoms with E-state index < -0.39 is 9.84 Å². The fourth-order valence-electron chi connectivity index (χ4n) is 1.71. The Hall–Kier alpha value is -0.660. The summed E-state index contributed by atoms with van der Waals surface area (Å²) in [6, 6.07) is 1.95. The van der Waals surface area contributed by atoms with Crippen LogP contribution in [0.15, 0.2) is 27.4 Å². The van der Waals surface area contributed by atoms with E-state index in [1.807, 2.05) is 11.4 Å². The molecular weight excluding hydrogens is 338 g/mol. The molecule has 1 N–H and O–H groups in total. The summed E-state index contributed by atoms with van der Waals surface area (Å²) in [5.74, 6) is -0.262. The van der Waals surface area contributed by atoms with Crippen LogP contribution < -0.4 is 5.32 Å². The standard InChI is InChI=1S/C11H12BrNO3S2/c12-9-4-10(17-6-9)5-13-11(14)3-8-1-2-18(15,16)7-8/h1-2,4,6,8H,3,5,7H2,(H,13,14)/t8-/m0/s1. The number of hydrogen-bond acceptors (Lipinski definition) is 4. The van der Waals surface area contributed by atoms with Gasteiger partial charge in [-0.1, -0.05) is 6.08 Å². The Kier molecular flexibility index (Phi) is 4.24. The summed E-state index contributed by atoms with van der Waals surface area (Å²) in [5, 5.41) is 5.94. The van der Waals surface area contributed by atoms with E-state index in [1.165, 1.54) is 5.41 Å². The monoisotopic (exact) mass is 349 g/mol. The Labute approximate surface area is 118 Å². The summed E-state index contributed by atoms with van der Waals surface area (Å²) < 4.78 is 23.4. The summed E-state index contributed by atoms with van der Waals surface area (Å²) in [5.41, 5.74) is 0. The normalized spacial score (nSPS) is 21.1. The minimum absolute atomic E-state index is 0.0466. The van der Waals surface area contributed by atoms with Crippen molar-refractivity contribution in [1.82, 2.24) is 5.32 Å². The van der Waals surface area contributed by atoms with Crippen molar-refractivity contribution in [2.45, 2.75) is 13.0 Å². The lowest BCUT2D eigenvalue weighted by molar-refractivity contribution is -0.121. The van der Waals surface area contributed by atoms with Crippen molar-refractivity contribution in [3.8, 4) is 0 Å². The Balaban J connectivity index is 1.78. The number of carbonyl (C=O) groups excluding carboxylic acids is 1. The van der Waals surface area contributed by atoms with Gasteiger partial charge in [-0.25, -0.2) is 8.42 Å². The molecule has 1 atom stereocenters. The van der Waals surface area contributed by atoms with E-state index in [4.69, 9.17) is 0 Å². The quantitative estimate of drug-likeness (QED) is 0.904. The lowest BCUT2D eigenvalue weighted by Gasteiger charge is -2.07. The van der Waals surface area contributed by atoms with E-state index in [-0.39, 0.29) is 24.0 Å². The highest BCUT2D eigenvalue weighted by molar-refractivity contribution is 9.10. The van der Waals surface area contributed by atoms with Crippen molar-refractivity contribution in [2.75, 3.05) is 5.75 Å². The first-order chi connectivity index (χ1) is 8.44. The minimum atomic E-state index is -3.07. The number of thiophene rings is 1. The SMILES string of the molecule is O=C(C[C@@H]1C=CS(=O)(=O)C1)NCc1cc(Br)cs1. The molecular formula is C11H12BrNO3S2. The van der Waals surface area contributed by atoms with Crippen molar-refractivity contribution in [3.63, 3.8) is 0 Å². The van der Waals surface area contributed by atoms with Crippen molar-refractivity contribution in [1.29, 1.82) is 0 Å². The average Bonchev–Trinajstić information content (AvgIpc) is 2.82. The van der Waals surface area contributed by atoms with E-state index in [0.717, 1.165) is 9.35 Å². The topological polar surface area (TPSA) is 63.2 Å². The molecule has 1 aliphatic heterocycles. The number of nitrogens with one attached hydrogen (secondary N) is 1. The molecule has 1 amide bonds. The molecule has 0 bridgehead atoms. The van der Waals surface area contributed by atoms with Crippen LogP contribution in [0, 0.1) is 5.92 Å². The van der Waals surface area contributed by atoms with E-state index in [1.54, 1.807) is 17.4 Å². The summed E-state index contributed by atoms with van der Waals surface area (Å²) >= 11 is 4.91. The van der Waals surface area contributed by atoms with Crippen molar-refractivity contribution in [2.24, 2.45) is 5.92 Å². The molecule has 0 saturated heterocycles. The Morgan fingerprint density at radius 3 is 2.89 bits per heavy atom. The molecule has 1 aromatic heterocycles. The molecule has 0 saturated carbocycles. The molecule has 2 rings (SSSR count). The molecule has 1 aliphatic rings. The third kappa shape index (κ3) is 3.93. The van der Waals surface area contributed by atoms with E-state index in [0.29, 0.717) is 6.54 Å². The van der Waals surface area contributed by atoms with E-state index in [9.17, 15) is 13.2 Å². The maximum Gasteiger partial charge on any atom is 0.220 e. The summed E-state index contributed by atoms with van der Waals surface area (Å²) in [7, 11) is -3.07. The molecule has 98 valence electrons.